The van der Waals surface area contributed by atoms with E-state index >= 15 is 0 Å². The molecule has 0 aromatic heterocycles. The summed E-state index contributed by atoms with van der Waals surface area (Å²) < 4.78 is 5.03. The first kappa shape index (κ1) is 26.9. The van der Waals surface area contributed by atoms with Gasteiger partial charge in [-0.05, 0) is 40.2 Å². The smallest absolute Gasteiger partial charge is 0.318 e. The zero-order chi connectivity index (χ0) is 24.3. The number of hydrogen-bond donors (Lipinski definition) is 3. The third-order valence-corrected chi connectivity index (χ3v) is 4.67. The minimum atomic E-state index is -1.14. The van der Waals surface area contributed by atoms with Gasteiger partial charge in [0.1, 0.15) is 12.1 Å². The Morgan fingerprint density at radius 1 is 0.969 bits per heavy atom. The number of esters is 1. The van der Waals surface area contributed by atoms with E-state index in [1.165, 1.54) is 11.9 Å². The lowest BCUT2D eigenvalue weighted by Crippen LogP contribution is -2.59. The zero-order valence-electron chi connectivity index (χ0n) is 19.8. The van der Waals surface area contributed by atoms with Crippen molar-refractivity contribution >= 4 is 23.8 Å². The Hall–Kier alpha value is -3.10. The van der Waals surface area contributed by atoms with Gasteiger partial charge in [0, 0.05) is 25.6 Å². The molecule has 2 atom stereocenters. The summed E-state index contributed by atoms with van der Waals surface area (Å²) in [5, 5.41) is 8.05. The fourth-order valence-electron chi connectivity index (χ4n) is 3.25. The lowest BCUT2D eigenvalue weighted by molar-refractivity contribution is -0.147. The fraction of sp³-hybridized carbons (Fsp3) is 0.565. The highest BCUT2D eigenvalue weighted by Crippen LogP contribution is 2.13. The highest BCUT2D eigenvalue weighted by Gasteiger charge is 2.36. The first-order valence-corrected chi connectivity index (χ1v) is 10.9. The summed E-state index contributed by atoms with van der Waals surface area (Å²) in [6, 6.07) is 6.23. The van der Waals surface area contributed by atoms with Crippen molar-refractivity contribution in [1.29, 1.82) is 0 Å². The van der Waals surface area contributed by atoms with E-state index in [9.17, 15) is 19.2 Å². The number of hydrogen-bond acceptors (Lipinski definition) is 5. The molecule has 1 unspecified atom stereocenters. The van der Waals surface area contributed by atoms with Crippen molar-refractivity contribution in [3.8, 4) is 0 Å². The lowest BCUT2D eigenvalue weighted by Gasteiger charge is -2.35. The summed E-state index contributed by atoms with van der Waals surface area (Å²) in [6.07, 6.45) is -0.0621. The third-order valence-electron chi connectivity index (χ3n) is 4.67. The minimum Gasteiger partial charge on any atom is -0.466 e. The van der Waals surface area contributed by atoms with E-state index in [-0.39, 0.29) is 37.4 Å². The predicted molar refractivity (Wildman–Crippen MR) is 122 cm³/mol. The Morgan fingerprint density at radius 2 is 1.59 bits per heavy atom. The van der Waals surface area contributed by atoms with Gasteiger partial charge in [0.15, 0.2) is 0 Å². The van der Waals surface area contributed by atoms with Gasteiger partial charge in [0.2, 0.25) is 11.8 Å². The van der Waals surface area contributed by atoms with Crippen LogP contribution in [0.2, 0.25) is 0 Å². The maximum atomic E-state index is 13.3. The van der Waals surface area contributed by atoms with Gasteiger partial charge in [-0.1, -0.05) is 30.3 Å². The number of carbonyl (C=O) groups excluding carboxylic acids is 4. The molecule has 0 aliphatic rings. The van der Waals surface area contributed by atoms with Gasteiger partial charge in [-0.3, -0.25) is 14.4 Å². The van der Waals surface area contributed by atoms with Crippen LogP contribution in [0.3, 0.4) is 0 Å². The van der Waals surface area contributed by atoms with Gasteiger partial charge in [0.25, 0.3) is 0 Å². The zero-order valence-corrected chi connectivity index (χ0v) is 19.8. The Labute approximate surface area is 190 Å². The van der Waals surface area contributed by atoms with Gasteiger partial charge < -0.3 is 25.6 Å². The Bertz CT molecular complexity index is 767. The average Bonchev–Trinajstić information content (AvgIpc) is 2.72. The molecule has 9 heteroatoms. The molecule has 0 bridgehead atoms. The molecule has 0 aliphatic carbocycles. The second-order valence-electron chi connectivity index (χ2n) is 8.00. The van der Waals surface area contributed by atoms with Crippen LogP contribution >= 0.6 is 0 Å². The van der Waals surface area contributed by atoms with Crippen LogP contribution in [-0.2, 0) is 25.5 Å². The molecule has 178 valence electrons. The largest absolute Gasteiger partial charge is 0.466 e. The van der Waals surface area contributed by atoms with Crippen molar-refractivity contribution < 1.29 is 23.9 Å². The first-order chi connectivity index (χ1) is 15.1. The number of nitrogens with zero attached hydrogens (tertiary/aromatic N) is 1. The quantitative estimate of drug-likeness (QED) is 0.445. The molecule has 9 nitrogen and oxygen atoms in total. The fourth-order valence-corrected chi connectivity index (χ4v) is 3.25. The molecule has 32 heavy (non-hydrogen) atoms. The standard InChI is InChI=1S/C23H36N4O5/c1-7-32-20(28)14-19(27(16(4)5)23(31)25-15(2)3)22(30)26-18(21(29)24-6)13-17-11-9-8-10-12-17/h8-12,15-16,18-19H,7,13-14H2,1-6H3,(H,24,29)(H,25,31)(H,26,30)/t18-,19?/m0/s1. The van der Waals surface area contributed by atoms with Crippen LogP contribution < -0.4 is 16.0 Å². The summed E-state index contributed by atoms with van der Waals surface area (Å²) >= 11 is 0. The molecule has 4 amide bonds. The molecule has 0 heterocycles. The Balaban J connectivity index is 3.20. The maximum absolute atomic E-state index is 13.3. The van der Waals surface area contributed by atoms with Gasteiger partial charge in [-0.25, -0.2) is 4.79 Å². The number of rotatable bonds is 11. The predicted octanol–water partition coefficient (Wildman–Crippen LogP) is 1.61. The Kier molecular flexibility index (Phi) is 11.2. The molecule has 3 N–H and O–H groups in total. The van der Waals surface area contributed by atoms with Gasteiger partial charge in [-0.15, -0.1) is 0 Å². The highest BCUT2D eigenvalue weighted by molar-refractivity contribution is 5.94. The summed E-state index contributed by atoms with van der Waals surface area (Å²) in [4.78, 5) is 52.2. The van der Waals surface area contributed by atoms with E-state index in [4.69, 9.17) is 4.74 Å². The molecule has 0 radical (unpaired) electrons. The second-order valence-corrected chi connectivity index (χ2v) is 8.00. The first-order valence-electron chi connectivity index (χ1n) is 10.9. The summed E-state index contributed by atoms with van der Waals surface area (Å²) in [5.41, 5.74) is 0.863. The molecule has 1 aromatic rings. The van der Waals surface area contributed by atoms with Crippen molar-refractivity contribution in [3.05, 3.63) is 35.9 Å². The topological polar surface area (TPSA) is 117 Å². The number of carbonyl (C=O) groups is 4. The van der Waals surface area contributed by atoms with Crippen LogP contribution in [0.4, 0.5) is 4.79 Å². The van der Waals surface area contributed by atoms with Crippen LogP contribution in [0.25, 0.3) is 0 Å². The summed E-state index contributed by atoms with van der Waals surface area (Å²) in [6.45, 7) is 8.94. The molecule has 1 aromatic carbocycles. The van der Waals surface area contributed by atoms with Crippen LogP contribution in [0, 0.1) is 0 Å². The van der Waals surface area contributed by atoms with E-state index in [1.54, 1.807) is 34.6 Å². The van der Waals surface area contributed by atoms with Crippen molar-refractivity contribution in [2.24, 2.45) is 0 Å². The van der Waals surface area contributed by atoms with Crippen molar-refractivity contribution in [2.75, 3.05) is 13.7 Å². The second kappa shape index (κ2) is 13.3. The van der Waals surface area contributed by atoms with Crippen molar-refractivity contribution in [2.45, 2.75) is 71.6 Å². The Morgan fingerprint density at radius 3 is 2.09 bits per heavy atom. The van der Waals surface area contributed by atoms with Crippen LogP contribution in [0.15, 0.2) is 30.3 Å². The summed E-state index contributed by atoms with van der Waals surface area (Å²) in [5.74, 6) is -1.58. The molecule has 0 saturated heterocycles. The molecule has 0 saturated carbocycles. The number of amides is 4. The number of nitrogens with one attached hydrogen (secondary N) is 3. The molecule has 0 fully saturated rings. The van der Waals surface area contributed by atoms with Crippen molar-refractivity contribution in [3.63, 3.8) is 0 Å². The normalized spacial score (nSPS) is 12.6. The number of likely N-dealkylation sites (N-methyl/N-ethyl adjacent to an activating group) is 1. The van der Waals surface area contributed by atoms with Gasteiger partial charge in [0.05, 0.1) is 13.0 Å². The lowest BCUT2D eigenvalue weighted by atomic mass is 10.0. The summed E-state index contributed by atoms with van der Waals surface area (Å²) in [7, 11) is 1.49. The SMILES string of the molecule is CCOC(=O)CC(C(=O)N[C@@H](Cc1ccccc1)C(=O)NC)N(C(=O)NC(C)C)C(C)C. The molecular weight excluding hydrogens is 412 g/mol. The van der Waals surface area contributed by atoms with E-state index in [1.807, 2.05) is 30.3 Å². The van der Waals surface area contributed by atoms with Crippen LogP contribution in [-0.4, -0.2) is 66.5 Å². The third kappa shape index (κ3) is 8.56. The number of ether oxygens (including phenoxy) is 1. The molecule has 0 aliphatic heterocycles. The van der Waals surface area contributed by atoms with E-state index in [2.05, 4.69) is 16.0 Å². The van der Waals surface area contributed by atoms with E-state index in [0.29, 0.717) is 0 Å². The highest BCUT2D eigenvalue weighted by atomic mass is 16.5. The number of benzene rings is 1. The van der Waals surface area contributed by atoms with Gasteiger partial charge in [-0.2, -0.15) is 0 Å². The van der Waals surface area contributed by atoms with E-state index in [0.717, 1.165) is 5.56 Å². The maximum Gasteiger partial charge on any atom is 0.318 e. The molecule has 0 spiro atoms. The van der Waals surface area contributed by atoms with Crippen molar-refractivity contribution in [1.82, 2.24) is 20.9 Å². The van der Waals surface area contributed by atoms with Gasteiger partial charge >= 0.3 is 12.0 Å². The van der Waals surface area contributed by atoms with E-state index < -0.39 is 30.0 Å². The minimum absolute atomic E-state index is 0.155. The average molecular weight is 449 g/mol. The molecular formula is C23H36N4O5. The molecule has 1 rings (SSSR count). The monoisotopic (exact) mass is 448 g/mol. The van der Waals surface area contributed by atoms with Crippen LogP contribution in [0.1, 0.15) is 46.6 Å². The number of urea groups is 1. The van der Waals surface area contributed by atoms with Crippen LogP contribution in [0.5, 0.6) is 0 Å².